The van der Waals surface area contributed by atoms with Crippen molar-refractivity contribution in [1.82, 2.24) is 0 Å². The molecule has 0 unspecified atom stereocenters. The van der Waals surface area contributed by atoms with Crippen LogP contribution in [-0.2, 0) is 6.42 Å². The van der Waals surface area contributed by atoms with Crippen molar-refractivity contribution in [2.45, 2.75) is 77.0 Å². The molecule has 0 aliphatic heterocycles. The highest BCUT2D eigenvalue weighted by atomic mass is 19.1. The zero-order valence-corrected chi connectivity index (χ0v) is 15.3. The van der Waals surface area contributed by atoms with Crippen molar-refractivity contribution < 1.29 is 14.4 Å². The van der Waals surface area contributed by atoms with Crippen LogP contribution >= 0.6 is 0 Å². The normalized spacial score (nSPS) is 20.2. The average Bonchev–Trinajstić information content (AvgIpc) is 2.63. The molecule has 2 N–H and O–H groups in total. The van der Waals surface area contributed by atoms with Gasteiger partial charge < -0.3 is 10.0 Å². The molecule has 0 atom stereocenters. The van der Waals surface area contributed by atoms with Gasteiger partial charge in [0.25, 0.3) is 0 Å². The summed E-state index contributed by atoms with van der Waals surface area (Å²) in [4.78, 5) is 0. The number of hydrogen-bond acceptors (Lipinski definition) is 2. The Morgan fingerprint density at radius 3 is 1.96 bits per heavy atom. The summed E-state index contributed by atoms with van der Waals surface area (Å²) < 4.78 is 14.0. The number of rotatable bonds is 6. The molecular weight excluding hydrogens is 314 g/mol. The van der Waals surface area contributed by atoms with Crippen molar-refractivity contribution in [2.75, 3.05) is 0 Å². The van der Waals surface area contributed by atoms with Crippen LogP contribution in [0.2, 0.25) is 0 Å². The van der Waals surface area contributed by atoms with Gasteiger partial charge in [0, 0.05) is 5.46 Å². The Balaban J connectivity index is 1.66. The van der Waals surface area contributed by atoms with Gasteiger partial charge in [-0.15, -0.1) is 0 Å². The predicted molar refractivity (Wildman–Crippen MR) is 101 cm³/mol. The molecule has 2 aliphatic rings. The molecule has 0 heterocycles. The Bertz CT molecular complexity index is 519. The Morgan fingerprint density at radius 2 is 1.48 bits per heavy atom. The van der Waals surface area contributed by atoms with Crippen molar-refractivity contribution in [2.24, 2.45) is 17.8 Å². The molecule has 0 aromatic heterocycles. The SMILES string of the molecule is OB(O)c1ccc(CCC(C2CCCCC2)C2CCCCC2)cc1F. The lowest BCUT2D eigenvalue weighted by Gasteiger charge is -2.38. The second-order valence-corrected chi connectivity index (χ2v) is 8.23. The smallest absolute Gasteiger partial charge is 0.423 e. The van der Waals surface area contributed by atoms with E-state index in [1.165, 1.54) is 76.3 Å². The molecule has 0 saturated heterocycles. The van der Waals surface area contributed by atoms with Crippen LogP contribution in [0.15, 0.2) is 18.2 Å². The number of aryl methyl sites for hydroxylation is 1. The van der Waals surface area contributed by atoms with Crippen LogP contribution in [0, 0.1) is 23.6 Å². The van der Waals surface area contributed by atoms with Crippen LogP contribution in [0.4, 0.5) is 4.39 Å². The molecule has 2 fully saturated rings. The van der Waals surface area contributed by atoms with Crippen LogP contribution < -0.4 is 5.46 Å². The lowest BCUT2D eigenvalue weighted by molar-refractivity contribution is 0.135. The van der Waals surface area contributed by atoms with Crippen molar-refractivity contribution in [3.8, 4) is 0 Å². The van der Waals surface area contributed by atoms with Gasteiger partial charge in [-0.05, 0) is 42.2 Å². The molecule has 0 spiro atoms. The van der Waals surface area contributed by atoms with E-state index in [0.717, 1.165) is 36.2 Å². The second kappa shape index (κ2) is 9.18. The summed E-state index contributed by atoms with van der Waals surface area (Å²) in [6, 6.07) is 4.87. The van der Waals surface area contributed by atoms with Crippen LogP contribution in [0.3, 0.4) is 0 Å². The molecule has 2 saturated carbocycles. The van der Waals surface area contributed by atoms with Gasteiger partial charge in [-0.1, -0.05) is 76.3 Å². The summed E-state index contributed by atoms with van der Waals surface area (Å²) in [6.07, 6.45) is 15.9. The highest BCUT2D eigenvalue weighted by Crippen LogP contribution is 2.42. The van der Waals surface area contributed by atoms with E-state index in [1.807, 2.05) is 6.07 Å². The molecular formula is C21H32BFO2. The minimum absolute atomic E-state index is 0.0279. The highest BCUT2D eigenvalue weighted by Gasteiger charge is 2.31. The third-order valence-electron chi connectivity index (χ3n) is 6.62. The van der Waals surface area contributed by atoms with E-state index in [4.69, 9.17) is 10.0 Å². The maximum Gasteiger partial charge on any atom is 0.491 e. The molecule has 138 valence electrons. The van der Waals surface area contributed by atoms with E-state index in [1.54, 1.807) is 0 Å². The van der Waals surface area contributed by atoms with Gasteiger partial charge in [-0.3, -0.25) is 0 Å². The highest BCUT2D eigenvalue weighted by molar-refractivity contribution is 6.58. The van der Waals surface area contributed by atoms with Crippen LogP contribution in [0.5, 0.6) is 0 Å². The van der Waals surface area contributed by atoms with E-state index in [9.17, 15) is 4.39 Å². The molecule has 0 radical (unpaired) electrons. The molecule has 25 heavy (non-hydrogen) atoms. The van der Waals surface area contributed by atoms with Crippen molar-refractivity contribution in [3.63, 3.8) is 0 Å². The van der Waals surface area contributed by atoms with E-state index < -0.39 is 12.9 Å². The maximum absolute atomic E-state index is 14.0. The maximum atomic E-state index is 14.0. The molecule has 2 aliphatic carbocycles. The third-order valence-corrected chi connectivity index (χ3v) is 6.62. The summed E-state index contributed by atoms with van der Waals surface area (Å²) in [6.45, 7) is 0. The predicted octanol–water partition coefficient (Wildman–Crippen LogP) is 4.21. The van der Waals surface area contributed by atoms with E-state index in [0.29, 0.717) is 0 Å². The molecule has 0 bridgehead atoms. The summed E-state index contributed by atoms with van der Waals surface area (Å²) >= 11 is 0. The minimum atomic E-state index is -1.73. The largest absolute Gasteiger partial charge is 0.491 e. The quantitative estimate of drug-likeness (QED) is 0.758. The summed E-state index contributed by atoms with van der Waals surface area (Å²) in [5.41, 5.74) is 0.957. The van der Waals surface area contributed by atoms with Gasteiger partial charge in [0.2, 0.25) is 0 Å². The van der Waals surface area contributed by atoms with Gasteiger partial charge in [-0.25, -0.2) is 4.39 Å². The van der Waals surface area contributed by atoms with E-state index >= 15 is 0 Å². The molecule has 4 heteroatoms. The van der Waals surface area contributed by atoms with Gasteiger partial charge in [0.1, 0.15) is 5.82 Å². The lowest BCUT2D eigenvalue weighted by Crippen LogP contribution is -2.32. The van der Waals surface area contributed by atoms with Crippen molar-refractivity contribution >= 4 is 12.6 Å². The average molecular weight is 346 g/mol. The first-order valence-corrected chi connectivity index (χ1v) is 10.3. The Hall–Kier alpha value is -0.865. The zero-order valence-electron chi connectivity index (χ0n) is 15.3. The molecule has 1 aromatic carbocycles. The first-order chi connectivity index (χ1) is 12.1. The summed E-state index contributed by atoms with van der Waals surface area (Å²) in [7, 11) is -1.73. The van der Waals surface area contributed by atoms with Crippen LogP contribution in [0.25, 0.3) is 0 Å². The topological polar surface area (TPSA) is 40.5 Å². The molecule has 3 rings (SSSR count). The monoisotopic (exact) mass is 346 g/mol. The Kier molecular flexibility index (Phi) is 6.95. The fraction of sp³-hybridized carbons (Fsp3) is 0.714. The zero-order chi connectivity index (χ0) is 17.6. The first-order valence-electron chi connectivity index (χ1n) is 10.3. The van der Waals surface area contributed by atoms with Crippen LogP contribution in [0.1, 0.15) is 76.2 Å². The van der Waals surface area contributed by atoms with Gasteiger partial charge >= 0.3 is 7.12 Å². The molecule has 1 aromatic rings. The van der Waals surface area contributed by atoms with E-state index in [-0.39, 0.29) is 5.46 Å². The standard InChI is InChI=1S/C21H32BFO2/c23-21-15-16(12-14-20(21)22(24)25)11-13-19(17-7-3-1-4-8-17)18-9-5-2-6-10-18/h12,14-15,17-19,24-25H,1-11,13H2. The Labute approximate surface area is 152 Å². The van der Waals surface area contributed by atoms with Crippen molar-refractivity contribution in [1.29, 1.82) is 0 Å². The number of hydrogen-bond donors (Lipinski definition) is 2. The van der Waals surface area contributed by atoms with Crippen LogP contribution in [-0.4, -0.2) is 17.2 Å². The molecule has 2 nitrogen and oxygen atoms in total. The number of benzene rings is 1. The molecule has 0 amide bonds. The second-order valence-electron chi connectivity index (χ2n) is 8.23. The first kappa shape index (κ1) is 18.9. The summed E-state index contributed by atoms with van der Waals surface area (Å²) in [5.74, 6) is 2.01. The Morgan fingerprint density at radius 1 is 0.920 bits per heavy atom. The lowest BCUT2D eigenvalue weighted by atomic mass is 9.68. The van der Waals surface area contributed by atoms with Gasteiger partial charge in [0.05, 0.1) is 0 Å². The third kappa shape index (κ3) is 5.07. The van der Waals surface area contributed by atoms with Gasteiger partial charge in [-0.2, -0.15) is 0 Å². The van der Waals surface area contributed by atoms with Gasteiger partial charge in [0.15, 0.2) is 0 Å². The fourth-order valence-electron chi connectivity index (χ4n) is 5.25. The fourth-order valence-corrected chi connectivity index (χ4v) is 5.25. The van der Waals surface area contributed by atoms with E-state index in [2.05, 4.69) is 0 Å². The minimum Gasteiger partial charge on any atom is -0.423 e. The number of halogens is 1. The van der Waals surface area contributed by atoms with Crippen molar-refractivity contribution in [3.05, 3.63) is 29.6 Å². The summed E-state index contributed by atoms with van der Waals surface area (Å²) in [5, 5.41) is 18.3.